The number of anilines is 1. The second-order valence-corrected chi connectivity index (χ2v) is 5.24. The lowest BCUT2D eigenvalue weighted by molar-refractivity contribution is 0.767. The molecule has 112 valence electrons. The SMILES string of the molecule is CCc1nnc(NCc2cnn(C)c2)c(C(N)=S)c1CC. The second-order valence-electron chi connectivity index (χ2n) is 4.80. The van der Waals surface area contributed by atoms with E-state index in [2.05, 4.69) is 34.5 Å². The van der Waals surface area contributed by atoms with Crippen LogP contribution in [-0.2, 0) is 26.4 Å². The van der Waals surface area contributed by atoms with Crippen molar-refractivity contribution >= 4 is 23.0 Å². The predicted molar refractivity (Wildman–Crippen MR) is 87.2 cm³/mol. The Morgan fingerprint density at radius 3 is 2.62 bits per heavy atom. The molecule has 0 spiro atoms. The van der Waals surface area contributed by atoms with Gasteiger partial charge in [-0.15, -0.1) is 5.10 Å². The van der Waals surface area contributed by atoms with Gasteiger partial charge in [0.15, 0.2) is 5.82 Å². The molecular formula is C14H20N6S. The van der Waals surface area contributed by atoms with Crippen molar-refractivity contribution < 1.29 is 0 Å². The van der Waals surface area contributed by atoms with Crippen LogP contribution in [0.25, 0.3) is 0 Å². The first kappa shape index (κ1) is 15.4. The molecule has 0 amide bonds. The summed E-state index contributed by atoms with van der Waals surface area (Å²) in [5.74, 6) is 0.639. The first-order valence-electron chi connectivity index (χ1n) is 6.96. The van der Waals surface area contributed by atoms with Gasteiger partial charge in [-0.05, 0) is 18.4 Å². The number of rotatable bonds is 6. The zero-order chi connectivity index (χ0) is 15.4. The Balaban J connectivity index is 2.32. The Hall–Kier alpha value is -2.02. The summed E-state index contributed by atoms with van der Waals surface area (Å²) in [4.78, 5) is 0.352. The molecular weight excluding hydrogens is 284 g/mol. The molecule has 2 rings (SSSR count). The van der Waals surface area contributed by atoms with Crippen LogP contribution in [0.5, 0.6) is 0 Å². The minimum atomic E-state index is 0.352. The van der Waals surface area contributed by atoms with Crippen LogP contribution in [0.15, 0.2) is 12.4 Å². The lowest BCUT2D eigenvalue weighted by Crippen LogP contribution is -2.19. The zero-order valence-corrected chi connectivity index (χ0v) is 13.4. The van der Waals surface area contributed by atoms with Gasteiger partial charge in [0.25, 0.3) is 0 Å². The zero-order valence-electron chi connectivity index (χ0n) is 12.6. The number of aromatic nitrogens is 4. The molecule has 0 aliphatic rings. The number of hydrogen-bond donors (Lipinski definition) is 2. The van der Waals surface area contributed by atoms with E-state index in [9.17, 15) is 0 Å². The molecule has 0 atom stereocenters. The number of aryl methyl sites for hydroxylation is 2. The maximum atomic E-state index is 5.89. The van der Waals surface area contributed by atoms with E-state index >= 15 is 0 Å². The Morgan fingerprint density at radius 1 is 1.33 bits per heavy atom. The highest BCUT2D eigenvalue weighted by molar-refractivity contribution is 7.80. The van der Waals surface area contributed by atoms with E-state index in [-0.39, 0.29) is 0 Å². The van der Waals surface area contributed by atoms with Crippen LogP contribution in [0, 0.1) is 0 Å². The fourth-order valence-corrected chi connectivity index (χ4v) is 2.53. The molecule has 0 unspecified atom stereocenters. The van der Waals surface area contributed by atoms with Crippen LogP contribution >= 0.6 is 12.2 Å². The lowest BCUT2D eigenvalue weighted by Gasteiger charge is -2.15. The number of thiocarbonyl (C=S) groups is 1. The molecule has 0 aliphatic carbocycles. The normalized spacial score (nSPS) is 10.6. The first-order chi connectivity index (χ1) is 10.1. The molecule has 0 aliphatic heterocycles. The average molecular weight is 304 g/mol. The van der Waals surface area contributed by atoms with Crippen molar-refractivity contribution in [2.75, 3.05) is 5.32 Å². The van der Waals surface area contributed by atoms with Crippen molar-refractivity contribution in [1.29, 1.82) is 0 Å². The van der Waals surface area contributed by atoms with Crippen LogP contribution < -0.4 is 11.1 Å². The summed E-state index contributed by atoms with van der Waals surface area (Å²) in [5.41, 5.74) is 9.79. The lowest BCUT2D eigenvalue weighted by atomic mass is 10.0. The highest BCUT2D eigenvalue weighted by Gasteiger charge is 2.16. The third-order valence-electron chi connectivity index (χ3n) is 3.31. The minimum Gasteiger partial charge on any atom is -0.389 e. The fourth-order valence-electron chi connectivity index (χ4n) is 2.31. The predicted octanol–water partition coefficient (Wildman–Crippen LogP) is 1.58. The van der Waals surface area contributed by atoms with Gasteiger partial charge in [0, 0.05) is 25.4 Å². The number of nitrogens with zero attached hydrogens (tertiary/aromatic N) is 4. The van der Waals surface area contributed by atoms with Gasteiger partial charge in [0.2, 0.25) is 0 Å². The molecule has 0 bridgehead atoms. The molecule has 0 fully saturated rings. The summed E-state index contributed by atoms with van der Waals surface area (Å²) in [5, 5.41) is 15.9. The summed E-state index contributed by atoms with van der Waals surface area (Å²) >= 11 is 5.20. The van der Waals surface area contributed by atoms with Crippen LogP contribution in [0.2, 0.25) is 0 Å². The quantitative estimate of drug-likeness (QED) is 0.789. The summed E-state index contributed by atoms with van der Waals surface area (Å²) in [6, 6.07) is 0. The van der Waals surface area contributed by atoms with Gasteiger partial charge in [0.05, 0.1) is 17.5 Å². The highest BCUT2D eigenvalue weighted by atomic mass is 32.1. The smallest absolute Gasteiger partial charge is 0.159 e. The molecule has 0 saturated carbocycles. The molecule has 6 nitrogen and oxygen atoms in total. The van der Waals surface area contributed by atoms with E-state index in [0.717, 1.165) is 35.2 Å². The number of hydrogen-bond acceptors (Lipinski definition) is 5. The average Bonchev–Trinajstić information content (AvgIpc) is 2.89. The molecule has 2 heterocycles. The van der Waals surface area contributed by atoms with E-state index in [0.29, 0.717) is 17.4 Å². The Kier molecular flexibility index (Phi) is 4.85. The Morgan fingerprint density at radius 2 is 2.10 bits per heavy atom. The van der Waals surface area contributed by atoms with E-state index < -0.39 is 0 Å². The highest BCUT2D eigenvalue weighted by Crippen LogP contribution is 2.21. The van der Waals surface area contributed by atoms with Gasteiger partial charge in [-0.1, -0.05) is 26.1 Å². The molecule has 2 aromatic heterocycles. The van der Waals surface area contributed by atoms with Gasteiger partial charge < -0.3 is 11.1 Å². The topological polar surface area (TPSA) is 81.7 Å². The summed E-state index contributed by atoms with van der Waals surface area (Å²) in [7, 11) is 1.88. The van der Waals surface area contributed by atoms with Crippen LogP contribution in [0.1, 0.15) is 36.2 Å². The van der Waals surface area contributed by atoms with E-state index in [1.807, 2.05) is 19.4 Å². The van der Waals surface area contributed by atoms with Crippen LogP contribution in [0.4, 0.5) is 5.82 Å². The van der Waals surface area contributed by atoms with Crippen molar-refractivity contribution in [3.63, 3.8) is 0 Å². The van der Waals surface area contributed by atoms with Crippen molar-refractivity contribution in [2.24, 2.45) is 12.8 Å². The van der Waals surface area contributed by atoms with E-state index in [1.165, 1.54) is 0 Å². The number of nitrogens with two attached hydrogens (primary N) is 1. The van der Waals surface area contributed by atoms with Gasteiger partial charge >= 0.3 is 0 Å². The summed E-state index contributed by atoms with van der Waals surface area (Å²) < 4.78 is 1.76. The standard InChI is InChI=1S/C14H20N6S/c1-4-10-11(5-2)18-19-14(12(10)13(15)21)16-6-9-7-17-20(3)8-9/h7-8H,4-6H2,1-3H3,(H2,15,21)(H,16,19). The number of nitrogens with one attached hydrogen (secondary N) is 1. The second kappa shape index (κ2) is 6.62. The molecule has 2 aromatic rings. The third-order valence-corrected chi connectivity index (χ3v) is 3.51. The van der Waals surface area contributed by atoms with Crippen LogP contribution in [0.3, 0.4) is 0 Å². The monoisotopic (exact) mass is 304 g/mol. The van der Waals surface area contributed by atoms with Gasteiger partial charge in [0.1, 0.15) is 4.99 Å². The largest absolute Gasteiger partial charge is 0.389 e. The molecule has 0 aromatic carbocycles. The van der Waals surface area contributed by atoms with Gasteiger partial charge in [-0.25, -0.2) is 0 Å². The maximum absolute atomic E-state index is 5.89. The molecule has 0 radical (unpaired) electrons. The third kappa shape index (κ3) is 3.36. The summed E-state index contributed by atoms with van der Waals surface area (Å²) in [6.45, 7) is 4.73. The fraction of sp³-hybridized carbons (Fsp3) is 0.429. The summed E-state index contributed by atoms with van der Waals surface area (Å²) in [6.07, 6.45) is 5.39. The van der Waals surface area contributed by atoms with Crippen molar-refractivity contribution in [1.82, 2.24) is 20.0 Å². The molecule has 0 saturated heterocycles. The molecule has 7 heteroatoms. The van der Waals surface area contributed by atoms with Gasteiger partial charge in [-0.3, -0.25) is 4.68 Å². The Labute approximate surface area is 129 Å². The van der Waals surface area contributed by atoms with Crippen molar-refractivity contribution in [3.05, 3.63) is 34.8 Å². The first-order valence-corrected chi connectivity index (χ1v) is 7.37. The van der Waals surface area contributed by atoms with Crippen LogP contribution in [-0.4, -0.2) is 25.0 Å². The van der Waals surface area contributed by atoms with E-state index in [4.69, 9.17) is 18.0 Å². The van der Waals surface area contributed by atoms with Crippen molar-refractivity contribution in [2.45, 2.75) is 33.2 Å². The van der Waals surface area contributed by atoms with Crippen molar-refractivity contribution in [3.8, 4) is 0 Å². The Bertz CT molecular complexity index is 649. The van der Waals surface area contributed by atoms with E-state index in [1.54, 1.807) is 4.68 Å². The molecule has 21 heavy (non-hydrogen) atoms. The van der Waals surface area contributed by atoms with Gasteiger partial charge in [-0.2, -0.15) is 10.2 Å². The minimum absolute atomic E-state index is 0.352. The molecule has 3 N–H and O–H groups in total. The maximum Gasteiger partial charge on any atom is 0.159 e.